The molecule has 0 aliphatic carbocycles. The van der Waals surface area contributed by atoms with E-state index in [1.54, 1.807) is 13.0 Å². The van der Waals surface area contributed by atoms with Crippen LogP contribution in [0.25, 0.3) is 0 Å². The summed E-state index contributed by atoms with van der Waals surface area (Å²) in [7, 11) is -2.36. The average molecular weight is 350 g/mol. The highest BCUT2D eigenvalue weighted by Gasteiger charge is 2.23. The molecule has 0 saturated heterocycles. The van der Waals surface area contributed by atoms with Crippen LogP contribution in [0.3, 0.4) is 0 Å². The van der Waals surface area contributed by atoms with E-state index in [-0.39, 0.29) is 4.90 Å². The molecule has 19 heavy (non-hydrogen) atoms. The van der Waals surface area contributed by atoms with E-state index in [9.17, 15) is 13.2 Å². The Bertz CT molecular complexity index is 601. The van der Waals surface area contributed by atoms with Crippen LogP contribution in [0.15, 0.2) is 21.5 Å². The standard InChI is InChI=1S/C11H16BrN3O3S/c1-6-4-8(12)9(13)5-10(6)19(17,18)15-7(2)11(16)14-3/h4-5,7,15H,13H2,1-3H3,(H,14,16). The van der Waals surface area contributed by atoms with Crippen LogP contribution in [0.1, 0.15) is 12.5 Å². The van der Waals surface area contributed by atoms with Crippen molar-refractivity contribution in [3.63, 3.8) is 0 Å². The third kappa shape index (κ3) is 3.68. The largest absolute Gasteiger partial charge is 0.398 e. The van der Waals surface area contributed by atoms with E-state index >= 15 is 0 Å². The van der Waals surface area contributed by atoms with Crippen LogP contribution in [0.4, 0.5) is 5.69 Å². The lowest BCUT2D eigenvalue weighted by Gasteiger charge is -2.15. The van der Waals surface area contributed by atoms with Gasteiger partial charge in [0.05, 0.1) is 10.9 Å². The highest BCUT2D eigenvalue weighted by Crippen LogP contribution is 2.26. The SMILES string of the molecule is CNC(=O)C(C)NS(=O)(=O)c1cc(N)c(Br)cc1C. The van der Waals surface area contributed by atoms with Gasteiger partial charge in [0.1, 0.15) is 0 Å². The van der Waals surface area contributed by atoms with Crippen molar-refractivity contribution >= 4 is 37.5 Å². The van der Waals surface area contributed by atoms with Gasteiger partial charge in [-0.2, -0.15) is 4.72 Å². The number of halogens is 1. The monoisotopic (exact) mass is 349 g/mol. The molecule has 1 aromatic rings. The van der Waals surface area contributed by atoms with Crippen molar-refractivity contribution in [2.24, 2.45) is 0 Å². The second-order valence-electron chi connectivity index (χ2n) is 4.10. The smallest absolute Gasteiger partial charge is 0.241 e. The molecule has 8 heteroatoms. The number of anilines is 1. The first kappa shape index (κ1) is 15.9. The van der Waals surface area contributed by atoms with E-state index < -0.39 is 22.0 Å². The Morgan fingerprint density at radius 1 is 1.42 bits per heavy atom. The minimum Gasteiger partial charge on any atom is -0.398 e. The number of likely N-dealkylation sites (N-methyl/N-ethyl adjacent to an activating group) is 1. The first-order chi connectivity index (χ1) is 8.69. The molecule has 0 bridgehead atoms. The first-order valence-corrected chi connectivity index (χ1v) is 7.76. The lowest BCUT2D eigenvalue weighted by Crippen LogP contribution is -2.43. The molecule has 1 unspecified atom stereocenters. The van der Waals surface area contributed by atoms with Gasteiger partial charge in [0.2, 0.25) is 15.9 Å². The van der Waals surface area contributed by atoms with Crippen molar-refractivity contribution < 1.29 is 13.2 Å². The molecule has 0 radical (unpaired) electrons. The van der Waals surface area contributed by atoms with Gasteiger partial charge in [0.15, 0.2) is 0 Å². The lowest BCUT2D eigenvalue weighted by molar-refractivity contribution is -0.121. The van der Waals surface area contributed by atoms with Crippen molar-refractivity contribution in [1.82, 2.24) is 10.0 Å². The topological polar surface area (TPSA) is 101 Å². The van der Waals surface area contributed by atoms with Gasteiger partial charge < -0.3 is 11.1 Å². The number of amides is 1. The van der Waals surface area contributed by atoms with Crippen molar-refractivity contribution in [2.75, 3.05) is 12.8 Å². The highest BCUT2D eigenvalue weighted by molar-refractivity contribution is 9.10. The number of sulfonamides is 1. The summed E-state index contributed by atoms with van der Waals surface area (Å²) in [6.45, 7) is 3.12. The molecule has 0 aromatic heterocycles. The summed E-state index contributed by atoms with van der Waals surface area (Å²) < 4.78 is 27.3. The molecule has 0 saturated carbocycles. The number of nitrogen functional groups attached to an aromatic ring is 1. The number of benzene rings is 1. The highest BCUT2D eigenvalue weighted by atomic mass is 79.9. The van der Waals surface area contributed by atoms with Gasteiger partial charge in [-0.05, 0) is 47.5 Å². The van der Waals surface area contributed by atoms with Crippen molar-refractivity contribution in [3.05, 3.63) is 22.2 Å². The van der Waals surface area contributed by atoms with E-state index in [2.05, 4.69) is 26.0 Å². The Balaban J connectivity index is 3.14. The molecule has 0 spiro atoms. The molecule has 1 amide bonds. The Labute approximate surface area is 120 Å². The second-order valence-corrected chi connectivity index (χ2v) is 6.63. The lowest BCUT2D eigenvalue weighted by atomic mass is 10.2. The van der Waals surface area contributed by atoms with Gasteiger partial charge in [-0.1, -0.05) is 0 Å². The zero-order chi connectivity index (χ0) is 14.8. The predicted molar refractivity (Wildman–Crippen MR) is 77.1 cm³/mol. The maximum Gasteiger partial charge on any atom is 0.241 e. The number of aryl methyl sites for hydroxylation is 1. The summed E-state index contributed by atoms with van der Waals surface area (Å²) in [6, 6.07) is 2.12. The van der Waals surface area contributed by atoms with Crippen LogP contribution >= 0.6 is 15.9 Å². The molecule has 1 rings (SSSR count). The van der Waals surface area contributed by atoms with Crippen molar-refractivity contribution in [2.45, 2.75) is 24.8 Å². The first-order valence-electron chi connectivity index (χ1n) is 5.48. The number of carbonyl (C=O) groups excluding carboxylic acids is 1. The van der Waals surface area contributed by atoms with Crippen LogP contribution in [-0.4, -0.2) is 27.4 Å². The average Bonchev–Trinajstić information content (AvgIpc) is 2.31. The Kier molecular flexibility index (Phi) is 4.94. The zero-order valence-electron chi connectivity index (χ0n) is 10.8. The third-order valence-corrected chi connectivity index (χ3v) is 4.92. The molecule has 106 valence electrons. The third-order valence-electron chi connectivity index (χ3n) is 2.56. The fourth-order valence-corrected chi connectivity index (χ4v) is 3.45. The van der Waals surface area contributed by atoms with Gasteiger partial charge >= 0.3 is 0 Å². The molecule has 0 aliphatic rings. The minimum absolute atomic E-state index is 0.0592. The molecule has 1 aromatic carbocycles. The van der Waals surface area contributed by atoms with Crippen LogP contribution < -0.4 is 15.8 Å². The van der Waals surface area contributed by atoms with Gasteiger partial charge in [-0.3, -0.25) is 4.79 Å². The van der Waals surface area contributed by atoms with E-state index in [1.807, 2.05) is 0 Å². The van der Waals surface area contributed by atoms with Gasteiger partial charge in [-0.25, -0.2) is 8.42 Å². The zero-order valence-corrected chi connectivity index (χ0v) is 13.2. The molecule has 4 N–H and O–H groups in total. The number of rotatable bonds is 4. The molecule has 0 fully saturated rings. The van der Waals surface area contributed by atoms with Crippen molar-refractivity contribution in [1.29, 1.82) is 0 Å². The van der Waals surface area contributed by atoms with E-state index in [1.165, 1.54) is 20.0 Å². The van der Waals surface area contributed by atoms with Gasteiger partial charge in [-0.15, -0.1) is 0 Å². The Morgan fingerprint density at radius 2 is 2.00 bits per heavy atom. The van der Waals surface area contributed by atoms with Crippen molar-refractivity contribution in [3.8, 4) is 0 Å². The summed E-state index contributed by atoms with van der Waals surface area (Å²) in [6.07, 6.45) is 0. The molecule has 1 atom stereocenters. The number of carbonyl (C=O) groups is 1. The summed E-state index contributed by atoms with van der Waals surface area (Å²) in [4.78, 5) is 11.4. The summed E-state index contributed by atoms with van der Waals surface area (Å²) in [5.74, 6) is -0.411. The van der Waals surface area contributed by atoms with E-state index in [0.29, 0.717) is 15.7 Å². The Morgan fingerprint density at radius 3 is 2.53 bits per heavy atom. The van der Waals surface area contributed by atoms with Gasteiger partial charge in [0, 0.05) is 17.2 Å². The number of nitrogens with two attached hydrogens (primary N) is 1. The Hall–Kier alpha value is -1.12. The normalized spacial score (nSPS) is 13.1. The fraction of sp³-hybridized carbons (Fsp3) is 0.364. The predicted octanol–water partition coefficient (Wildman–Crippen LogP) is 0.753. The summed E-state index contributed by atoms with van der Waals surface area (Å²) >= 11 is 3.23. The van der Waals surface area contributed by atoms with E-state index in [0.717, 1.165) is 0 Å². The molecule has 0 heterocycles. The molecular weight excluding hydrogens is 334 g/mol. The summed E-state index contributed by atoms with van der Waals surface area (Å²) in [5.41, 5.74) is 6.54. The second kappa shape index (κ2) is 5.89. The quantitative estimate of drug-likeness (QED) is 0.698. The number of hydrogen-bond acceptors (Lipinski definition) is 4. The summed E-state index contributed by atoms with van der Waals surface area (Å²) in [5, 5.41) is 2.38. The maximum atomic E-state index is 12.2. The molecule has 0 aliphatic heterocycles. The van der Waals surface area contributed by atoms with Crippen LogP contribution in [-0.2, 0) is 14.8 Å². The van der Waals surface area contributed by atoms with Crippen LogP contribution in [0.5, 0.6) is 0 Å². The fourth-order valence-electron chi connectivity index (χ4n) is 1.52. The number of hydrogen-bond donors (Lipinski definition) is 3. The number of nitrogens with one attached hydrogen (secondary N) is 2. The molecule has 6 nitrogen and oxygen atoms in total. The van der Waals surface area contributed by atoms with Crippen LogP contribution in [0.2, 0.25) is 0 Å². The maximum absolute atomic E-state index is 12.2. The van der Waals surface area contributed by atoms with Gasteiger partial charge in [0.25, 0.3) is 0 Å². The van der Waals surface area contributed by atoms with E-state index in [4.69, 9.17) is 5.73 Å². The minimum atomic E-state index is -3.80. The molecular formula is C11H16BrN3O3S. The van der Waals surface area contributed by atoms with Crippen LogP contribution in [0, 0.1) is 6.92 Å².